The van der Waals surface area contributed by atoms with Crippen LogP contribution in [0.15, 0.2) is 28.7 Å². The molecule has 0 unspecified atom stereocenters. The zero-order chi connectivity index (χ0) is 12.6. The normalized spacial score (nSPS) is 27.8. The van der Waals surface area contributed by atoms with E-state index >= 15 is 0 Å². The molecule has 1 fully saturated rings. The minimum absolute atomic E-state index is 0.0923. The maximum atomic E-state index is 11.8. The molecule has 3 nitrogen and oxygen atoms in total. The maximum Gasteiger partial charge on any atom is 0.154 e. The molecule has 0 saturated heterocycles. The Morgan fingerprint density at radius 1 is 1.29 bits per heavy atom. The van der Waals surface area contributed by atoms with E-state index in [1.807, 2.05) is 24.3 Å². The predicted molar refractivity (Wildman–Crippen MR) is 69.7 cm³/mol. The molecule has 5 heteroatoms. The molecule has 1 aliphatic rings. The number of halogens is 1. The van der Waals surface area contributed by atoms with Crippen molar-refractivity contribution in [3.05, 3.63) is 34.3 Å². The van der Waals surface area contributed by atoms with Gasteiger partial charge in [-0.05, 0) is 17.7 Å². The topological polar surface area (TPSA) is 51.2 Å². The number of hydrogen-bond donors (Lipinski definition) is 0. The van der Waals surface area contributed by atoms with Crippen molar-refractivity contribution >= 4 is 32.1 Å². The second-order valence-corrected chi connectivity index (χ2v) is 7.57. The van der Waals surface area contributed by atoms with Crippen LogP contribution in [0, 0.1) is 5.92 Å². The summed E-state index contributed by atoms with van der Waals surface area (Å²) in [6.45, 7) is 1.62. The number of benzene rings is 1. The van der Waals surface area contributed by atoms with Crippen LogP contribution < -0.4 is 0 Å². The third-order valence-electron chi connectivity index (χ3n) is 3.24. The minimum atomic E-state index is -3.14. The third-order valence-corrected chi connectivity index (χ3v) is 6.01. The summed E-state index contributed by atoms with van der Waals surface area (Å²) >= 11 is 3.33. The van der Waals surface area contributed by atoms with Gasteiger partial charge < -0.3 is 4.79 Å². The second kappa shape index (κ2) is 4.53. The van der Waals surface area contributed by atoms with E-state index in [-0.39, 0.29) is 17.6 Å². The van der Waals surface area contributed by atoms with Crippen molar-refractivity contribution in [2.24, 2.45) is 5.92 Å². The molecule has 92 valence electrons. The Labute approximate surface area is 109 Å². The Kier molecular flexibility index (Phi) is 3.41. The highest BCUT2D eigenvalue weighted by molar-refractivity contribution is 9.10. The van der Waals surface area contributed by atoms with E-state index in [4.69, 9.17) is 0 Å². The molecule has 0 radical (unpaired) electrons. The lowest BCUT2D eigenvalue weighted by Crippen LogP contribution is -2.12. The number of rotatable bonds is 4. The summed E-state index contributed by atoms with van der Waals surface area (Å²) in [6.07, 6.45) is 0.768. The van der Waals surface area contributed by atoms with Crippen molar-refractivity contribution < 1.29 is 13.2 Å². The Balaban J connectivity index is 2.29. The summed E-state index contributed by atoms with van der Waals surface area (Å²) in [4.78, 5) is 10.9. The lowest BCUT2D eigenvalue weighted by molar-refractivity contribution is -0.108. The summed E-state index contributed by atoms with van der Waals surface area (Å²) in [7, 11) is -3.14. The van der Waals surface area contributed by atoms with Crippen LogP contribution in [0.1, 0.15) is 18.4 Å². The first kappa shape index (κ1) is 12.8. The number of aldehydes is 1. The number of carbonyl (C=O) groups excluding carboxylic acids is 1. The first-order valence-electron chi connectivity index (χ1n) is 5.43. The third kappa shape index (κ3) is 2.31. The summed E-state index contributed by atoms with van der Waals surface area (Å²) < 4.78 is 24.6. The average molecular weight is 317 g/mol. The minimum Gasteiger partial charge on any atom is -0.303 e. The molecule has 0 aliphatic heterocycles. The van der Waals surface area contributed by atoms with E-state index in [2.05, 4.69) is 15.9 Å². The van der Waals surface area contributed by atoms with Gasteiger partial charge in [0.25, 0.3) is 0 Å². The summed E-state index contributed by atoms with van der Waals surface area (Å²) in [5.41, 5.74) is 0.923. The van der Waals surface area contributed by atoms with Gasteiger partial charge in [0.2, 0.25) is 0 Å². The fraction of sp³-hybridized carbons (Fsp3) is 0.417. The first-order chi connectivity index (χ1) is 8.01. The molecule has 2 rings (SSSR count). The molecule has 1 aromatic carbocycles. The number of hydrogen-bond acceptors (Lipinski definition) is 3. The van der Waals surface area contributed by atoms with Crippen LogP contribution >= 0.6 is 15.9 Å². The van der Waals surface area contributed by atoms with Gasteiger partial charge in [0.1, 0.15) is 6.29 Å². The largest absolute Gasteiger partial charge is 0.303 e. The molecule has 0 spiro atoms. The van der Waals surface area contributed by atoms with E-state index in [9.17, 15) is 13.2 Å². The molecule has 0 bridgehead atoms. The van der Waals surface area contributed by atoms with Gasteiger partial charge in [-0.2, -0.15) is 0 Å². The second-order valence-electron chi connectivity index (χ2n) is 4.21. The van der Waals surface area contributed by atoms with Crippen LogP contribution in [-0.4, -0.2) is 25.7 Å². The summed E-state index contributed by atoms with van der Waals surface area (Å²) in [5.74, 6) is -0.443. The van der Waals surface area contributed by atoms with Gasteiger partial charge in [-0.15, -0.1) is 0 Å². The van der Waals surface area contributed by atoms with Crippen molar-refractivity contribution in [3.8, 4) is 0 Å². The van der Waals surface area contributed by atoms with E-state index in [0.717, 1.165) is 16.3 Å². The van der Waals surface area contributed by atoms with Crippen molar-refractivity contribution in [1.29, 1.82) is 0 Å². The first-order valence-corrected chi connectivity index (χ1v) is 7.94. The van der Waals surface area contributed by atoms with Gasteiger partial charge in [0, 0.05) is 22.1 Å². The van der Waals surface area contributed by atoms with Gasteiger partial charge >= 0.3 is 0 Å². The van der Waals surface area contributed by atoms with Crippen LogP contribution in [-0.2, 0) is 14.6 Å². The molecule has 0 N–H and O–H groups in total. The van der Waals surface area contributed by atoms with Gasteiger partial charge in [0.05, 0.1) is 5.25 Å². The Morgan fingerprint density at radius 2 is 1.88 bits per heavy atom. The van der Waals surface area contributed by atoms with Crippen molar-refractivity contribution in [2.75, 3.05) is 5.75 Å². The Hall–Kier alpha value is -0.680. The Bertz CT molecular complexity index is 521. The number of sulfone groups is 1. The predicted octanol–water partition coefficient (Wildman–Crippen LogP) is 2.16. The smallest absolute Gasteiger partial charge is 0.154 e. The van der Waals surface area contributed by atoms with E-state index in [0.29, 0.717) is 0 Å². The molecule has 0 heterocycles. The standard InChI is InChI=1S/C12H13BrO3S/c1-2-17(15,16)12-10(7-14)11(12)8-3-5-9(13)6-4-8/h3-7,10-12H,2H2,1H3/t10-,11+,12+/m0/s1. The Morgan fingerprint density at radius 3 is 2.35 bits per heavy atom. The van der Waals surface area contributed by atoms with E-state index < -0.39 is 15.1 Å². The molecular weight excluding hydrogens is 304 g/mol. The molecule has 0 aromatic heterocycles. The molecule has 3 atom stereocenters. The molecule has 1 aliphatic carbocycles. The van der Waals surface area contributed by atoms with Crippen molar-refractivity contribution in [1.82, 2.24) is 0 Å². The van der Waals surface area contributed by atoms with Crippen molar-refractivity contribution in [3.63, 3.8) is 0 Å². The molecule has 17 heavy (non-hydrogen) atoms. The monoisotopic (exact) mass is 316 g/mol. The quantitative estimate of drug-likeness (QED) is 0.800. The fourth-order valence-corrected chi connectivity index (χ4v) is 4.28. The molecular formula is C12H13BrO3S. The fourth-order valence-electron chi connectivity index (χ4n) is 2.22. The zero-order valence-electron chi connectivity index (χ0n) is 9.34. The highest BCUT2D eigenvalue weighted by atomic mass is 79.9. The highest BCUT2D eigenvalue weighted by Crippen LogP contribution is 2.51. The van der Waals surface area contributed by atoms with Crippen LogP contribution in [0.5, 0.6) is 0 Å². The molecule has 0 amide bonds. The SMILES string of the molecule is CCS(=O)(=O)[C@@H]1[C@@H](C=O)[C@H]1c1ccc(Br)cc1. The van der Waals surface area contributed by atoms with Gasteiger partial charge in [-0.1, -0.05) is 35.0 Å². The maximum absolute atomic E-state index is 11.8. The van der Waals surface area contributed by atoms with E-state index in [1.165, 1.54) is 0 Å². The van der Waals surface area contributed by atoms with Crippen molar-refractivity contribution in [2.45, 2.75) is 18.1 Å². The van der Waals surface area contributed by atoms with Crippen LogP contribution in [0.25, 0.3) is 0 Å². The van der Waals surface area contributed by atoms with E-state index in [1.54, 1.807) is 6.92 Å². The summed E-state index contributed by atoms with van der Waals surface area (Å²) in [6, 6.07) is 7.48. The van der Waals surface area contributed by atoms with Crippen LogP contribution in [0.3, 0.4) is 0 Å². The lowest BCUT2D eigenvalue weighted by Gasteiger charge is -2.00. The number of carbonyl (C=O) groups is 1. The zero-order valence-corrected chi connectivity index (χ0v) is 11.7. The molecule has 1 saturated carbocycles. The van der Waals surface area contributed by atoms with Crippen LogP contribution in [0.2, 0.25) is 0 Å². The van der Waals surface area contributed by atoms with Gasteiger partial charge in [-0.3, -0.25) is 0 Å². The van der Waals surface area contributed by atoms with Crippen LogP contribution in [0.4, 0.5) is 0 Å². The van der Waals surface area contributed by atoms with Gasteiger partial charge in [-0.25, -0.2) is 8.42 Å². The average Bonchev–Trinajstić information content (AvgIpc) is 3.05. The summed E-state index contributed by atoms with van der Waals surface area (Å²) in [5, 5.41) is -0.522. The lowest BCUT2D eigenvalue weighted by atomic mass is 10.1. The molecule has 1 aromatic rings. The van der Waals surface area contributed by atoms with Gasteiger partial charge in [0.15, 0.2) is 9.84 Å². The highest BCUT2D eigenvalue weighted by Gasteiger charge is 2.57.